The first-order valence-electron chi connectivity index (χ1n) is 27.3. The topological polar surface area (TPSA) is 70.4 Å². The predicted octanol–water partition coefficient (Wildman–Crippen LogP) is 13.9. The van der Waals surface area contributed by atoms with E-state index in [4.69, 9.17) is 0 Å². The number of benzene rings is 5. The molecule has 5 aromatic rings. The molecular weight excluding hydrogens is 914 g/mol. The molecule has 396 valence electrons. The lowest BCUT2D eigenvalue weighted by Gasteiger charge is -2.40. The highest BCUT2D eigenvalue weighted by molar-refractivity contribution is 5.59. The molecule has 0 radical (unpaired) electrons. The quantitative estimate of drug-likeness (QED) is 0.0855. The van der Waals surface area contributed by atoms with Crippen molar-refractivity contribution in [1.82, 2.24) is 14.7 Å². The number of hydrogen-bond donors (Lipinski definition) is 3. The number of nitrogens with zero attached hydrogens (tertiary/aromatic N) is 3. The van der Waals surface area contributed by atoms with Gasteiger partial charge in [-0.3, -0.25) is 0 Å². The van der Waals surface area contributed by atoms with Crippen LogP contribution in [0.2, 0.25) is 0 Å². The Morgan fingerprint density at radius 3 is 1.32 bits per heavy atom. The molecule has 0 heterocycles. The van der Waals surface area contributed by atoms with Crippen LogP contribution in [0.4, 0.5) is 4.39 Å². The van der Waals surface area contributed by atoms with E-state index >= 15 is 0 Å². The van der Waals surface area contributed by atoms with Gasteiger partial charge >= 0.3 is 0 Å². The number of halogens is 1. The molecule has 8 rings (SSSR count). The standard InChI is InChI=1S/C24H30FNO.C24H31NO.C19H27NO/c1-18-15-21(13-14-23(18)25)24(27)20(16-19-9-5-4-6-10-19)11-7-8-12-22(24)17-26(2)3;1-19-11-7-10-16-23(19)24(26)21(17-20-12-5-4-6-13-20)14-8-9-15-22(24)18-25(2)3;1-4-19(21)17(14-16-10-6-5-7-11-16)12-8-9-13-18(19)15-20(2)3/h4-6,9-10,13-16,22,27H,7-8,11-12,17H2,1-3H3;4-7,10-13,16-17,22,26H,8-9,14-15,18H2,1-3H3;4-7,10-11,14,18,21H,1,8-9,12-13,15H2,2-3H3. The highest BCUT2D eigenvalue weighted by Gasteiger charge is 2.45. The third kappa shape index (κ3) is 15.0. The van der Waals surface area contributed by atoms with Gasteiger partial charge in [0.2, 0.25) is 0 Å². The normalized spacial score (nSPS) is 26.1. The van der Waals surface area contributed by atoms with Crippen molar-refractivity contribution in [3.05, 3.63) is 208 Å². The number of aryl methyl sites for hydroxylation is 2. The van der Waals surface area contributed by atoms with E-state index in [1.807, 2.05) is 62.6 Å². The first kappa shape index (κ1) is 58.0. The zero-order valence-corrected chi connectivity index (χ0v) is 46.1. The minimum absolute atomic E-state index is 0.0647. The van der Waals surface area contributed by atoms with Gasteiger partial charge in [-0.05, 0) is 182 Å². The van der Waals surface area contributed by atoms with Gasteiger partial charge in [0.1, 0.15) is 22.6 Å². The van der Waals surface area contributed by atoms with Crippen molar-refractivity contribution in [2.75, 3.05) is 61.9 Å². The lowest BCUT2D eigenvalue weighted by Crippen LogP contribution is -2.42. The summed E-state index contributed by atoms with van der Waals surface area (Å²) in [6, 6.07) is 44.2. The molecule has 6 nitrogen and oxygen atoms in total. The maximum absolute atomic E-state index is 13.9. The van der Waals surface area contributed by atoms with Crippen LogP contribution in [0.1, 0.15) is 116 Å². The second-order valence-electron chi connectivity index (χ2n) is 22.2. The van der Waals surface area contributed by atoms with Crippen LogP contribution in [0.15, 0.2) is 163 Å². The second kappa shape index (κ2) is 27.5. The fraction of sp³-hybridized carbons (Fsp3) is 0.433. The molecule has 3 fully saturated rings. The Kier molecular flexibility index (Phi) is 21.6. The first-order chi connectivity index (χ1) is 35.5. The summed E-state index contributed by atoms with van der Waals surface area (Å²) in [5.41, 5.74) is 7.42. The zero-order chi connectivity index (χ0) is 53.3. The van der Waals surface area contributed by atoms with Crippen molar-refractivity contribution < 1.29 is 19.7 Å². The van der Waals surface area contributed by atoms with Crippen molar-refractivity contribution >= 4 is 18.2 Å². The highest BCUT2D eigenvalue weighted by Crippen LogP contribution is 2.48. The van der Waals surface area contributed by atoms with Gasteiger partial charge in [0.05, 0.1) is 0 Å². The molecule has 74 heavy (non-hydrogen) atoms. The van der Waals surface area contributed by atoms with E-state index in [9.17, 15) is 19.7 Å². The smallest absolute Gasteiger partial charge is 0.126 e. The average molecular weight is 1000 g/mol. The maximum Gasteiger partial charge on any atom is 0.126 e. The Morgan fingerprint density at radius 1 is 0.486 bits per heavy atom. The van der Waals surface area contributed by atoms with Crippen molar-refractivity contribution in [3.8, 4) is 0 Å². The molecule has 0 bridgehead atoms. The molecule has 0 aliphatic heterocycles. The molecule has 0 aromatic heterocycles. The van der Waals surface area contributed by atoms with Gasteiger partial charge in [-0.2, -0.15) is 0 Å². The molecule has 3 aliphatic carbocycles. The molecular formula is C67H88FN3O3. The summed E-state index contributed by atoms with van der Waals surface area (Å²) in [7, 11) is 12.4. The number of hydrogen-bond acceptors (Lipinski definition) is 6. The fourth-order valence-electron chi connectivity index (χ4n) is 11.9. The summed E-state index contributed by atoms with van der Waals surface area (Å²) >= 11 is 0. The van der Waals surface area contributed by atoms with Gasteiger partial charge in [-0.1, -0.05) is 171 Å². The molecule has 5 aromatic carbocycles. The van der Waals surface area contributed by atoms with Crippen molar-refractivity contribution in [3.63, 3.8) is 0 Å². The molecule has 0 saturated heterocycles. The minimum Gasteiger partial charge on any atom is -0.381 e. The Hall–Kier alpha value is -5.25. The maximum atomic E-state index is 13.9. The van der Waals surface area contributed by atoms with E-state index in [1.54, 1.807) is 19.1 Å². The van der Waals surface area contributed by atoms with Crippen LogP contribution in [0.5, 0.6) is 0 Å². The number of aliphatic hydroxyl groups is 3. The van der Waals surface area contributed by atoms with Crippen LogP contribution >= 0.6 is 0 Å². The van der Waals surface area contributed by atoms with Crippen molar-refractivity contribution in [1.29, 1.82) is 0 Å². The molecule has 3 saturated carbocycles. The summed E-state index contributed by atoms with van der Waals surface area (Å²) in [5, 5.41) is 35.7. The third-order valence-corrected chi connectivity index (χ3v) is 15.7. The number of rotatable bonds is 12. The van der Waals surface area contributed by atoms with Crippen LogP contribution in [0, 0.1) is 37.4 Å². The van der Waals surface area contributed by atoms with Gasteiger partial charge in [-0.15, -0.1) is 0 Å². The van der Waals surface area contributed by atoms with E-state index in [0.717, 1.165) is 123 Å². The largest absolute Gasteiger partial charge is 0.381 e. The van der Waals surface area contributed by atoms with Crippen LogP contribution < -0.4 is 0 Å². The van der Waals surface area contributed by atoms with Crippen molar-refractivity contribution in [2.45, 2.75) is 108 Å². The molecule has 7 heteroatoms. The van der Waals surface area contributed by atoms with Gasteiger partial charge in [0.25, 0.3) is 0 Å². The van der Waals surface area contributed by atoms with E-state index in [2.05, 4.69) is 147 Å². The summed E-state index contributed by atoms with van der Waals surface area (Å²) in [5.74, 6) is 0.238. The van der Waals surface area contributed by atoms with Gasteiger partial charge in [0.15, 0.2) is 0 Å². The summed E-state index contributed by atoms with van der Waals surface area (Å²) in [6.45, 7) is 10.4. The fourth-order valence-corrected chi connectivity index (χ4v) is 11.9. The second-order valence-corrected chi connectivity index (χ2v) is 22.2. The SMILES string of the molecule is C=CC1(O)C(=Cc2ccccc2)CCCCC1CN(C)C.Cc1cc(C2(O)C(=Cc3ccccc3)CCCCC2CN(C)C)ccc1F.Cc1ccccc1C1(O)C(=Cc2ccccc2)CCCCC1CN(C)C. The van der Waals surface area contributed by atoms with Crippen LogP contribution in [0.25, 0.3) is 18.2 Å². The zero-order valence-electron chi connectivity index (χ0n) is 46.1. The van der Waals surface area contributed by atoms with E-state index in [-0.39, 0.29) is 23.6 Å². The first-order valence-corrected chi connectivity index (χ1v) is 27.3. The lowest BCUT2D eigenvalue weighted by atomic mass is 9.72. The Morgan fingerprint density at radius 2 is 0.878 bits per heavy atom. The van der Waals surface area contributed by atoms with Gasteiger partial charge in [-0.25, -0.2) is 4.39 Å². The minimum atomic E-state index is -1.09. The molecule has 0 amide bonds. The molecule has 3 aliphatic rings. The molecule has 6 atom stereocenters. The molecule has 6 unspecified atom stereocenters. The van der Waals surface area contributed by atoms with Crippen LogP contribution in [-0.2, 0) is 11.2 Å². The Balaban J connectivity index is 0.000000182. The van der Waals surface area contributed by atoms with E-state index < -0.39 is 16.8 Å². The van der Waals surface area contributed by atoms with Gasteiger partial charge in [0, 0.05) is 37.4 Å². The van der Waals surface area contributed by atoms with Crippen LogP contribution in [-0.4, -0.2) is 97.5 Å². The molecule has 3 N–H and O–H groups in total. The van der Waals surface area contributed by atoms with E-state index in [0.29, 0.717) is 5.56 Å². The third-order valence-electron chi connectivity index (χ3n) is 15.7. The van der Waals surface area contributed by atoms with Crippen LogP contribution in [0.3, 0.4) is 0 Å². The lowest BCUT2D eigenvalue weighted by molar-refractivity contribution is -0.0000888. The van der Waals surface area contributed by atoms with Gasteiger partial charge < -0.3 is 30.0 Å². The predicted molar refractivity (Wildman–Crippen MR) is 310 cm³/mol. The summed E-state index contributed by atoms with van der Waals surface area (Å²) < 4.78 is 13.9. The monoisotopic (exact) mass is 1000 g/mol. The summed E-state index contributed by atoms with van der Waals surface area (Å²) in [4.78, 5) is 6.50. The molecule has 0 spiro atoms. The average Bonchev–Trinajstić information content (AvgIpc) is 3.71. The van der Waals surface area contributed by atoms with Crippen molar-refractivity contribution in [2.24, 2.45) is 17.8 Å². The Labute approximate surface area is 445 Å². The Bertz CT molecular complexity index is 2610. The summed E-state index contributed by atoms with van der Waals surface area (Å²) in [6.07, 6.45) is 20.8. The highest BCUT2D eigenvalue weighted by atomic mass is 19.1. The van der Waals surface area contributed by atoms with E-state index in [1.165, 1.54) is 30.0 Å².